The molecule has 3 rings (SSSR count). The highest BCUT2D eigenvalue weighted by Gasteiger charge is 2.15. The van der Waals surface area contributed by atoms with Gasteiger partial charge in [0.1, 0.15) is 17.0 Å². The first-order chi connectivity index (χ1) is 8.66. The van der Waals surface area contributed by atoms with Crippen molar-refractivity contribution in [3.63, 3.8) is 0 Å². The van der Waals surface area contributed by atoms with Crippen LogP contribution in [0.5, 0.6) is 0 Å². The predicted molar refractivity (Wildman–Crippen MR) is 64.4 cm³/mol. The van der Waals surface area contributed by atoms with E-state index >= 15 is 0 Å². The number of aromatic nitrogens is 4. The Morgan fingerprint density at radius 1 is 1.39 bits per heavy atom. The zero-order valence-corrected chi connectivity index (χ0v) is 9.61. The summed E-state index contributed by atoms with van der Waals surface area (Å²) in [4.78, 5) is 15.2. The highest BCUT2D eigenvalue weighted by atomic mass is 16.4. The van der Waals surface area contributed by atoms with Crippen molar-refractivity contribution in [1.29, 1.82) is 0 Å². The lowest BCUT2D eigenvalue weighted by Crippen LogP contribution is -2.04. The SMILES string of the molecule is Cn1nc(-c2cnc3ccccn23)cc1C(=O)O. The van der Waals surface area contributed by atoms with Gasteiger partial charge in [0, 0.05) is 19.3 Å². The van der Waals surface area contributed by atoms with Crippen LogP contribution in [-0.2, 0) is 7.05 Å². The number of hydrogen-bond acceptors (Lipinski definition) is 3. The average Bonchev–Trinajstić information content (AvgIpc) is 2.92. The van der Waals surface area contributed by atoms with Gasteiger partial charge >= 0.3 is 5.97 Å². The highest BCUT2D eigenvalue weighted by Crippen LogP contribution is 2.20. The van der Waals surface area contributed by atoms with Crippen molar-refractivity contribution < 1.29 is 9.90 Å². The summed E-state index contributed by atoms with van der Waals surface area (Å²) >= 11 is 0. The van der Waals surface area contributed by atoms with E-state index in [2.05, 4.69) is 10.1 Å². The summed E-state index contributed by atoms with van der Waals surface area (Å²) in [6.07, 6.45) is 3.55. The van der Waals surface area contributed by atoms with Crippen LogP contribution in [0.1, 0.15) is 10.5 Å². The molecule has 3 aromatic rings. The molecule has 3 heterocycles. The number of aryl methyl sites for hydroxylation is 1. The number of fused-ring (bicyclic) bond motifs is 1. The molecule has 90 valence electrons. The van der Waals surface area contributed by atoms with Crippen molar-refractivity contribution in [3.05, 3.63) is 42.4 Å². The van der Waals surface area contributed by atoms with Crippen LogP contribution in [0.2, 0.25) is 0 Å². The number of pyridine rings is 1. The zero-order valence-electron chi connectivity index (χ0n) is 9.61. The minimum atomic E-state index is -0.995. The third kappa shape index (κ3) is 1.46. The fraction of sp³-hybridized carbons (Fsp3) is 0.0833. The first-order valence-corrected chi connectivity index (χ1v) is 5.36. The Labute approximate surface area is 102 Å². The Balaban J connectivity index is 2.20. The molecule has 6 heteroatoms. The highest BCUT2D eigenvalue weighted by molar-refractivity contribution is 5.87. The maximum Gasteiger partial charge on any atom is 0.354 e. The number of carboxylic acid groups (broad SMARTS) is 1. The van der Waals surface area contributed by atoms with Crippen LogP contribution in [0.15, 0.2) is 36.7 Å². The molecule has 6 nitrogen and oxygen atoms in total. The summed E-state index contributed by atoms with van der Waals surface area (Å²) in [7, 11) is 1.61. The van der Waals surface area contributed by atoms with Gasteiger partial charge in [-0.25, -0.2) is 9.78 Å². The number of imidazole rings is 1. The zero-order chi connectivity index (χ0) is 12.7. The summed E-state index contributed by atoms with van der Waals surface area (Å²) in [6, 6.07) is 7.20. The third-order valence-electron chi connectivity index (χ3n) is 2.78. The summed E-state index contributed by atoms with van der Waals surface area (Å²) in [5, 5.41) is 13.2. The fourth-order valence-electron chi connectivity index (χ4n) is 1.91. The lowest BCUT2D eigenvalue weighted by molar-refractivity contribution is 0.0685. The van der Waals surface area contributed by atoms with E-state index in [-0.39, 0.29) is 5.69 Å². The second-order valence-electron chi connectivity index (χ2n) is 3.92. The molecule has 0 spiro atoms. The molecule has 0 saturated carbocycles. The molecule has 0 aliphatic heterocycles. The molecular formula is C12H10N4O2. The van der Waals surface area contributed by atoms with Gasteiger partial charge in [-0.05, 0) is 12.1 Å². The molecule has 0 saturated heterocycles. The van der Waals surface area contributed by atoms with Crippen molar-refractivity contribution in [1.82, 2.24) is 19.2 Å². The Kier molecular flexibility index (Phi) is 2.16. The van der Waals surface area contributed by atoms with E-state index < -0.39 is 5.97 Å². The summed E-state index contributed by atoms with van der Waals surface area (Å²) in [5.41, 5.74) is 2.31. The molecular weight excluding hydrogens is 232 g/mol. The molecule has 18 heavy (non-hydrogen) atoms. The van der Waals surface area contributed by atoms with Gasteiger partial charge in [-0.2, -0.15) is 5.10 Å². The van der Waals surface area contributed by atoms with Crippen molar-refractivity contribution in [3.8, 4) is 11.4 Å². The van der Waals surface area contributed by atoms with Gasteiger partial charge in [-0.1, -0.05) is 6.07 Å². The Bertz CT molecular complexity index is 741. The van der Waals surface area contributed by atoms with Crippen molar-refractivity contribution in [2.45, 2.75) is 0 Å². The van der Waals surface area contributed by atoms with Crippen molar-refractivity contribution in [2.24, 2.45) is 7.05 Å². The quantitative estimate of drug-likeness (QED) is 0.737. The molecule has 0 aliphatic rings. The number of hydrogen-bond donors (Lipinski definition) is 1. The number of carbonyl (C=O) groups is 1. The summed E-state index contributed by atoms with van der Waals surface area (Å²) in [5.74, 6) is -0.995. The molecule has 0 unspecified atom stereocenters. The van der Waals surface area contributed by atoms with E-state index in [1.165, 1.54) is 4.68 Å². The first-order valence-electron chi connectivity index (χ1n) is 5.36. The number of aromatic carboxylic acids is 1. The molecule has 0 fully saturated rings. The minimum Gasteiger partial charge on any atom is -0.477 e. The minimum absolute atomic E-state index is 0.149. The third-order valence-corrected chi connectivity index (χ3v) is 2.78. The van der Waals surface area contributed by atoms with Crippen LogP contribution in [0.25, 0.3) is 17.0 Å². The van der Waals surface area contributed by atoms with Gasteiger partial charge in [-0.15, -0.1) is 0 Å². The van der Waals surface area contributed by atoms with E-state index in [9.17, 15) is 4.79 Å². The van der Waals surface area contributed by atoms with Crippen LogP contribution < -0.4 is 0 Å². The fourth-order valence-corrected chi connectivity index (χ4v) is 1.91. The molecule has 0 atom stereocenters. The maximum absolute atomic E-state index is 11.0. The van der Waals surface area contributed by atoms with Crippen LogP contribution in [0, 0.1) is 0 Å². The van der Waals surface area contributed by atoms with Gasteiger partial charge in [0.2, 0.25) is 0 Å². The van der Waals surface area contributed by atoms with E-state index in [0.29, 0.717) is 5.69 Å². The maximum atomic E-state index is 11.0. The molecule has 0 bridgehead atoms. The Hall–Kier alpha value is -2.63. The van der Waals surface area contributed by atoms with Crippen molar-refractivity contribution in [2.75, 3.05) is 0 Å². The lowest BCUT2D eigenvalue weighted by Gasteiger charge is -1.96. The molecule has 0 aliphatic carbocycles. The standard InChI is InChI=1S/C12H10N4O2/c1-15-9(12(17)18)6-8(14-15)10-7-13-11-4-2-3-5-16(10)11/h2-7H,1H3,(H,17,18). The van der Waals surface area contributed by atoms with E-state index in [1.807, 2.05) is 28.8 Å². The second-order valence-corrected chi connectivity index (χ2v) is 3.92. The summed E-state index contributed by atoms with van der Waals surface area (Å²) in [6.45, 7) is 0. The Morgan fingerprint density at radius 3 is 2.94 bits per heavy atom. The smallest absolute Gasteiger partial charge is 0.354 e. The van der Waals surface area contributed by atoms with Crippen molar-refractivity contribution >= 4 is 11.6 Å². The lowest BCUT2D eigenvalue weighted by atomic mass is 10.3. The van der Waals surface area contributed by atoms with E-state index in [4.69, 9.17) is 5.11 Å². The molecule has 1 N–H and O–H groups in total. The van der Waals surface area contributed by atoms with E-state index in [1.54, 1.807) is 19.3 Å². The van der Waals surface area contributed by atoms with Gasteiger partial charge in [0.25, 0.3) is 0 Å². The monoisotopic (exact) mass is 242 g/mol. The van der Waals surface area contributed by atoms with Gasteiger partial charge < -0.3 is 5.11 Å². The van der Waals surface area contributed by atoms with Gasteiger partial charge in [0.15, 0.2) is 0 Å². The number of rotatable bonds is 2. The number of carboxylic acids is 1. The van der Waals surface area contributed by atoms with Gasteiger partial charge in [0.05, 0.1) is 11.9 Å². The predicted octanol–water partition coefficient (Wildman–Crippen LogP) is 1.43. The van der Waals surface area contributed by atoms with Crippen LogP contribution in [0.3, 0.4) is 0 Å². The molecule has 0 aromatic carbocycles. The van der Waals surface area contributed by atoms with Crippen LogP contribution in [-0.4, -0.2) is 30.2 Å². The normalized spacial score (nSPS) is 10.9. The van der Waals surface area contributed by atoms with E-state index in [0.717, 1.165) is 11.3 Å². The summed E-state index contributed by atoms with van der Waals surface area (Å²) < 4.78 is 3.22. The van der Waals surface area contributed by atoms with Gasteiger partial charge in [-0.3, -0.25) is 9.08 Å². The number of nitrogens with zero attached hydrogens (tertiary/aromatic N) is 4. The Morgan fingerprint density at radius 2 is 2.22 bits per heavy atom. The van der Waals surface area contributed by atoms with Crippen LogP contribution >= 0.6 is 0 Å². The second kappa shape index (κ2) is 3.69. The van der Waals surface area contributed by atoms with Crippen LogP contribution in [0.4, 0.5) is 0 Å². The largest absolute Gasteiger partial charge is 0.477 e. The molecule has 3 aromatic heterocycles. The molecule has 0 radical (unpaired) electrons. The first kappa shape index (κ1) is 10.5. The average molecular weight is 242 g/mol. The molecule has 0 amide bonds. The topological polar surface area (TPSA) is 72.4 Å².